The summed E-state index contributed by atoms with van der Waals surface area (Å²) in [5.41, 5.74) is 11.2. The Morgan fingerprint density at radius 3 is 1.65 bits per heavy atom. The molecule has 5 heterocycles. The summed E-state index contributed by atoms with van der Waals surface area (Å²) in [6, 6.07) is 49.8. The maximum atomic E-state index is 5.10. The van der Waals surface area contributed by atoms with Crippen LogP contribution in [-0.2, 0) is 0 Å². The van der Waals surface area contributed by atoms with E-state index >= 15 is 0 Å². The molecule has 0 saturated carbocycles. The van der Waals surface area contributed by atoms with Gasteiger partial charge in [-0.05, 0) is 65.7 Å². The minimum atomic E-state index is 0.821. The Labute approximate surface area is 264 Å². The van der Waals surface area contributed by atoms with Gasteiger partial charge in [-0.1, -0.05) is 91.0 Å². The summed E-state index contributed by atoms with van der Waals surface area (Å²) < 4.78 is 0. The van der Waals surface area contributed by atoms with Crippen LogP contribution in [0.1, 0.15) is 0 Å². The Morgan fingerprint density at radius 2 is 0.870 bits per heavy atom. The molecule has 5 nitrogen and oxygen atoms in total. The number of fused-ring (bicyclic) bond motifs is 5. The van der Waals surface area contributed by atoms with Crippen molar-refractivity contribution in [2.24, 2.45) is 0 Å². The van der Waals surface area contributed by atoms with Crippen molar-refractivity contribution in [1.82, 2.24) is 24.9 Å². The first-order valence-corrected chi connectivity index (χ1v) is 15.2. The van der Waals surface area contributed by atoms with Crippen molar-refractivity contribution in [3.05, 3.63) is 152 Å². The van der Waals surface area contributed by atoms with E-state index in [1.165, 1.54) is 0 Å². The lowest BCUT2D eigenvalue weighted by atomic mass is 10.0. The third-order valence-electron chi connectivity index (χ3n) is 8.49. The van der Waals surface area contributed by atoms with Crippen molar-refractivity contribution in [3.63, 3.8) is 0 Å². The second kappa shape index (κ2) is 10.7. The molecule has 0 N–H and O–H groups in total. The Balaban J connectivity index is 1.08. The van der Waals surface area contributed by atoms with E-state index in [1.807, 2.05) is 48.5 Å². The van der Waals surface area contributed by atoms with Crippen LogP contribution in [-0.4, -0.2) is 24.9 Å². The lowest BCUT2D eigenvalue weighted by molar-refractivity contribution is 1.28. The normalized spacial score (nSPS) is 11.5. The lowest BCUT2D eigenvalue weighted by Gasteiger charge is -2.09. The minimum Gasteiger partial charge on any atom is -0.255 e. The molecule has 0 aliphatic carbocycles. The van der Waals surface area contributed by atoms with Crippen molar-refractivity contribution in [2.45, 2.75) is 0 Å². The largest absolute Gasteiger partial charge is 0.255 e. The van der Waals surface area contributed by atoms with Gasteiger partial charge in [0.2, 0.25) is 0 Å². The summed E-state index contributed by atoms with van der Waals surface area (Å²) in [5.74, 6) is 0. The quantitative estimate of drug-likeness (QED) is 0.192. The van der Waals surface area contributed by atoms with Gasteiger partial charge in [0.15, 0.2) is 0 Å². The number of benzene rings is 4. The molecule has 0 unspecified atom stereocenters. The van der Waals surface area contributed by atoms with E-state index < -0.39 is 0 Å². The minimum absolute atomic E-state index is 0.821. The molecule has 0 fully saturated rings. The van der Waals surface area contributed by atoms with Gasteiger partial charge in [0.1, 0.15) is 0 Å². The highest BCUT2D eigenvalue weighted by molar-refractivity contribution is 6.04. The van der Waals surface area contributed by atoms with Crippen LogP contribution in [0, 0.1) is 0 Å². The molecule has 9 rings (SSSR count). The standard InChI is InChI=1S/C41H25N5/c1-2-6-26(7-3-1)33-18-14-28-10-11-29-15-21-38(46-41(29)40(28)45-33)37-22-17-32-24-30(16-19-34(32)43-37)31-12-9-27-13-20-36(44-39(27)25-31)35-8-4-5-23-42-35/h1-25H. The van der Waals surface area contributed by atoms with Crippen LogP contribution in [0.5, 0.6) is 0 Å². The molecular formula is C41H25N5. The molecule has 5 heteroatoms. The van der Waals surface area contributed by atoms with Gasteiger partial charge in [-0.3, -0.25) is 4.98 Å². The Bertz CT molecular complexity index is 2580. The van der Waals surface area contributed by atoms with E-state index in [2.05, 4.69) is 102 Å². The summed E-state index contributed by atoms with van der Waals surface area (Å²) in [4.78, 5) is 24.6. The topological polar surface area (TPSA) is 64.5 Å². The average molecular weight is 588 g/mol. The Morgan fingerprint density at radius 1 is 0.304 bits per heavy atom. The van der Waals surface area contributed by atoms with Crippen LogP contribution in [0.25, 0.3) is 88.8 Å². The van der Waals surface area contributed by atoms with E-state index in [1.54, 1.807) is 6.20 Å². The first-order chi connectivity index (χ1) is 22.7. The Hall–Kier alpha value is -6.33. The number of pyridine rings is 5. The van der Waals surface area contributed by atoms with Crippen molar-refractivity contribution < 1.29 is 0 Å². The number of aromatic nitrogens is 5. The van der Waals surface area contributed by atoms with Gasteiger partial charge in [-0.25, -0.2) is 19.9 Å². The van der Waals surface area contributed by atoms with Gasteiger partial charge >= 0.3 is 0 Å². The fourth-order valence-corrected chi connectivity index (χ4v) is 6.08. The first kappa shape index (κ1) is 26.1. The number of rotatable bonds is 4. The van der Waals surface area contributed by atoms with Crippen LogP contribution in [0.3, 0.4) is 0 Å². The molecule has 0 bridgehead atoms. The predicted molar refractivity (Wildman–Crippen MR) is 187 cm³/mol. The zero-order chi connectivity index (χ0) is 30.5. The van der Waals surface area contributed by atoms with Gasteiger partial charge in [0.05, 0.1) is 50.5 Å². The van der Waals surface area contributed by atoms with Crippen LogP contribution < -0.4 is 0 Å². The molecule has 9 aromatic rings. The summed E-state index contributed by atoms with van der Waals surface area (Å²) in [6.45, 7) is 0. The van der Waals surface area contributed by atoms with E-state index in [0.29, 0.717) is 0 Å². The molecule has 0 aliphatic rings. The molecule has 214 valence electrons. The van der Waals surface area contributed by atoms with Crippen LogP contribution in [0.2, 0.25) is 0 Å². The summed E-state index contributed by atoms with van der Waals surface area (Å²) >= 11 is 0. The molecule has 0 aliphatic heterocycles. The van der Waals surface area contributed by atoms with E-state index in [-0.39, 0.29) is 0 Å². The van der Waals surface area contributed by atoms with Crippen LogP contribution in [0.4, 0.5) is 0 Å². The fourth-order valence-electron chi connectivity index (χ4n) is 6.08. The summed E-state index contributed by atoms with van der Waals surface area (Å²) in [6.07, 6.45) is 1.79. The van der Waals surface area contributed by atoms with Gasteiger partial charge < -0.3 is 0 Å². The summed E-state index contributed by atoms with van der Waals surface area (Å²) in [7, 11) is 0. The zero-order valence-corrected chi connectivity index (χ0v) is 24.7. The first-order valence-electron chi connectivity index (χ1n) is 15.2. The highest BCUT2D eigenvalue weighted by atomic mass is 14.8. The van der Waals surface area contributed by atoms with Gasteiger partial charge in [0, 0.05) is 33.3 Å². The van der Waals surface area contributed by atoms with Crippen molar-refractivity contribution in [1.29, 1.82) is 0 Å². The highest BCUT2D eigenvalue weighted by Crippen LogP contribution is 2.31. The van der Waals surface area contributed by atoms with Gasteiger partial charge in [0.25, 0.3) is 0 Å². The second-order valence-electron chi connectivity index (χ2n) is 11.4. The van der Waals surface area contributed by atoms with Gasteiger partial charge in [-0.2, -0.15) is 0 Å². The summed E-state index contributed by atoms with van der Waals surface area (Å²) in [5, 5.41) is 4.28. The number of hydrogen-bond acceptors (Lipinski definition) is 5. The maximum Gasteiger partial charge on any atom is 0.0973 e. The lowest BCUT2D eigenvalue weighted by Crippen LogP contribution is -1.93. The monoisotopic (exact) mass is 587 g/mol. The molecule has 5 aromatic heterocycles. The molecule has 4 aromatic carbocycles. The zero-order valence-electron chi connectivity index (χ0n) is 24.7. The fraction of sp³-hybridized carbons (Fsp3) is 0. The molecule has 0 radical (unpaired) electrons. The van der Waals surface area contributed by atoms with E-state index in [9.17, 15) is 0 Å². The van der Waals surface area contributed by atoms with Crippen molar-refractivity contribution >= 4 is 43.6 Å². The second-order valence-corrected chi connectivity index (χ2v) is 11.4. The van der Waals surface area contributed by atoms with Gasteiger partial charge in [-0.15, -0.1) is 0 Å². The van der Waals surface area contributed by atoms with Crippen LogP contribution >= 0.6 is 0 Å². The van der Waals surface area contributed by atoms with E-state index in [0.717, 1.165) is 88.8 Å². The SMILES string of the molecule is c1ccc(-c2ccc3ccc4ccc(-c5ccc6cc(-c7ccc8ccc(-c9ccccn9)nc8c7)ccc6n5)nc4c3n2)cc1. The molecule has 46 heavy (non-hydrogen) atoms. The smallest absolute Gasteiger partial charge is 0.0973 e. The molecular weight excluding hydrogens is 562 g/mol. The molecule has 0 spiro atoms. The third-order valence-corrected chi connectivity index (χ3v) is 8.49. The maximum absolute atomic E-state index is 5.10. The molecule has 0 atom stereocenters. The number of nitrogens with zero attached hydrogens (tertiary/aromatic N) is 5. The highest BCUT2D eigenvalue weighted by Gasteiger charge is 2.11. The third kappa shape index (κ3) is 4.62. The van der Waals surface area contributed by atoms with Crippen molar-refractivity contribution in [3.8, 4) is 45.2 Å². The molecule has 0 saturated heterocycles. The Kier molecular flexibility index (Phi) is 6.06. The molecule has 0 amide bonds. The predicted octanol–water partition coefficient (Wildman–Crippen LogP) is 9.94. The number of hydrogen-bond donors (Lipinski definition) is 0. The average Bonchev–Trinajstić information content (AvgIpc) is 3.14. The van der Waals surface area contributed by atoms with Crippen LogP contribution in [0.15, 0.2) is 152 Å². The van der Waals surface area contributed by atoms with Crippen molar-refractivity contribution in [2.75, 3.05) is 0 Å². The van der Waals surface area contributed by atoms with E-state index in [4.69, 9.17) is 19.9 Å².